The Balaban J connectivity index is 1.44. The van der Waals surface area contributed by atoms with E-state index in [1.807, 2.05) is 4.90 Å². The molecule has 0 radical (unpaired) electrons. The van der Waals surface area contributed by atoms with Crippen LogP contribution in [0, 0.1) is 0 Å². The lowest BCUT2D eigenvalue weighted by atomic mass is 9.95. The Morgan fingerprint density at radius 1 is 1.03 bits per heavy atom. The molecule has 2 heterocycles. The highest BCUT2D eigenvalue weighted by Gasteiger charge is 2.30. The smallest absolute Gasteiger partial charge is 0.348 e. The maximum atomic E-state index is 12.9. The van der Waals surface area contributed by atoms with Crippen LogP contribution >= 0.6 is 0 Å². The van der Waals surface area contributed by atoms with Crippen LogP contribution in [0.25, 0.3) is 11.1 Å². The predicted molar refractivity (Wildman–Crippen MR) is 103 cm³/mol. The molecule has 1 aromatic heterocycles. The first-order chi connectivity index (χ1) is 13.9. The van der Waals surface area contributed by atoms with Crippen molar-refractivity contribution < 1.29 is 18.0 Å². The zero-order chi connectivity index (χ0) is 20.4. The van der Waals surface area contributed by atoms with Gasteiger partial charge in [0.2, 0.25) is 0 Å². The second kappa shape index (κ2) is 7.73. The van der Waals surface area contributed by atoms with Gasteiger partial charge in [-0.1, -0.05) is 24.3 Å². The second-order valence-electron chi connectivity index (χ2n) is 7.20. The Labute approximate surface area is 166 Å². The molecule has 0 aliphatic carbocycles. The van der Waals surface area contributed by atoms with Crippen LogP contribution in [-0.2, 0) is 6.18 Å². The molecule has 1 N–H and O–H groups in total. The Kier molecular flexibility index (Phi) is 5.13. The molecule has 0 bridgehead atoms. The van der Waals surface area contributed by atoms with E-state index in [1.165, 1.54) is 6.07 Å². The summed E-state index contributed by atoms with van der Waals surface area (Å²) < 4.78 is 38.8. The van der Waals surface area contributed by atoms with Crippen LogP contribution in [0.4, 0.5) is 13.2 Å². The van der Waals surface area contributed by atoms with Gasteiger partial charge >= 0.3 is 6.18 Å². The van der Waals surface area contributed by atoms with Crippen molar-refractivity contribution in [3.05, 3.63) is 77.9 Å². The van der Waals surface area contributed by atoms with E-state index < -0.39 is 11.7 Å². The van der Waals surface area contributed by atoms with Crippen LogP contribution < -0.4 is 0 Å². The number of likely N-dealkylation sites (tertiary alicyclic amines) is 1. The third-order valence-electron chi connectivity index (χ3n) is 5.34. The van der Waals surface area contributed by atoms with Gasteiger partial charge in [-0.3, -0.25) is 4.79 Å². The van der Waals surface area contributed by atoms with Gasteiger partial charge in [-0.05, 0) is 48.2 Å². The summed E-state index contributed by atoms with van der Waals surface area (Å²) in [6.07, 6.45) is 0.856. The van der Waals surface area contributed by atoms with Crippen LogP contribution in [0.1, 0.15) is 40.5 Å². The number of amides is 1. The Morgan fingerprint density at radius 2 is 1.76 bits per heavy atom. The van der Waals surface area contributed by atoms with Crippen LogP contribution in [0.2, 0.25) is 0 Å². The van der Waals surface area contributed by atoms with E-state index in [0.29, 0.717) is 35.7 Å². The van der Waals surface area contributed by atoms with Crippen molar-refractivity contribution >= 4 is 5.91 Å². The zero-order valence-corrected chi connectivity index (χ0v) is 15.6. The van der Waals surface area contributed by atoms with Gasteiger partial charge in [0.25, 0.3) is 5.91 Å². The van der Waals surface area contributed by atoms with Gasteiger partial charge in [-0.2, -0.15) is 13.2 Å². The molecule has 0 unspecified atom stereocenters. The number of carbonyl (C=O) groups is 1. The van der Waals surface area contributed by atoms with Crippen molar-refractivity contribution in [2.24, 2.45) is 0 Å². The van der Waals surface area contributed by atoms with Gasteiger partial charge in [0.1, 0.15) is 5.82 Å². The fourth-order valence-electron chi connectivity index (χ4n) is 3.72. The number of nitrogens with zero attached hydrogens (tertiary/aromatic N) is 2. The number of hydrogen-bond acceptors (Lipinski definition) is 2. The molecule has 0 spiro atoms. The normalized spacial score (nSPS) is 15.5. The van der Waals surface area contributed by atoms with E-state index >= 15 is 0 Å². The molecule has 1 saturated heterocycles. The standard InChI is InChI=1S/C22H20F3N3O/c23-22(24,25)19-3-1-2-18(14-19)15-4-6-17(7-5-15)21(29)28-12-8-16(9-13-28)20-26-10-11-27-20/h1-7,10-11,14,16H,8-9,12-13H2,(H,26,27). The van der Waals surface area contributed by atoms with Gasteiger partial charge in [-0.25, -0.2) is 4.98 Å². The van der Waals surface area contributed by atoms with Crippen molar-refractivity contribution in [2.45, 2.75) is 24.9 Å². The summed E-state index contributed by atoms with van der Waals surface area (Å²) in [5, 5.41) is 0. The number of carbonyl (C=O) groups excluding carboxylic acids is 1. The number of aromatic amines is 1. The van der Waals surface area contributed by atoms with E-state index in [0.717, 1.165) is 30.8 Å². The maximum absolute atomic E-state index is 12.9. The molecular weight excluding hydrogens is 379 g/mol. The van der Waals surface area contributed by atoms with Crippen molar-refractivity contribution in [1.82, 2.24) is 14.9 Å². The van der Waals surface area contributed by atoms with Gasteiger partial charge in [-0.15, -0.1) is 0 Å². The van der Waals surface area contributed by atoms with E-state index in [9.17, 15) is 18.0 Å². The monoisotopic (exact) mass is 399 g/mol. The molecule has 2 aromatic carbocycles. The Morgan fingerprint density at radius 3 is 2.38 bits per heavy atom. The number of benzene rings is 2. The third kappa shape index (κ3) is 4.18. The molecule has 1 aliphatic heterocycles. The van der Waals surface area contributed by atoms with Crippen LogP contribution in [0.3, 0.4) is 0 Å². The van der Waals surface area contributed by atoms with Gasteiger partial charge in [0, 0.05) is 37.0 Å². The van der Waals surface area contributed by atoms with E-state index in [2.05, 4.69) is 9.97 Å². The summed E-state index contributed by atoms with van der Waals surface area (Å²) in [6.45, 7) is 1.30. The average molecular weight is 399 g/mol. The highest BCUT2D eigenvalue weighted by molar-refractivity contribution is 5.94. The van der Waals surface area contributed by atoms with E-state index in [4.69, 9.17) is 0 Å². The fraction of sp³-hybridized carbons (Fsp3) is 0.273. The minimum absolute atomic E-state index is 0.0570. The Bertz CT molecular complexity index is 973. The molecule has 0 atom stereocenters. The second-order valence-corrected chi connectivity index (χ2v) is 7.20. The van der Waals surface area contributed by atoms with Gasteiger partial charge in [0.15, 0.2) is 0 Å². The topological polar surface area (TPSA) is 49.0 Å². The van der Waals surface area contributed by atoms with E-state index in [-0.39, 0.29) is 5.91 Å². The summed E-state index contributed by atoms with van der Waals surface area (Å²) in [5.74, 6) is 1.23. The number of hydrogen-bond donors (Lipinski definition) is 1. The quantitative estimate of drug-likeness (QED) is 0.665. The lowest BCUT2D eigenvalue weighted by Crippen LogP contribution is -2.38. The first kappa shape index (κ1) is 19.2. The van der Waals surface area contributed by atoms with Crippen LogP contribution in [0.15, 0.2) is 60.9 Å². The van der Waals surface area contributed by atoms with Crippen LogP contribution in [0.5, 0.6) is 0 Å². The van der Waals surface area contributed by atoms with Crippen LogP contribution in [-0.4, -0.2) is 33.9 Å². The molecule has 3 aromatic rings. The number of nitrogens with one attached hydrogen (secondary N) is 1. The number of imidazole rings is 1. The molecule has 150 valence electrons. The summed E-state index contributed by atoms with van der Waals surface area (Å²) in [6, 6.07) is 11.9. The number of rotatable bonds is 3. The lowest BCUT2D eigenvalue weighted by molar-refractivity contribution is -0.137. The minimum atomic E-state index is -4.38. The average Bonchev–Trinajstić information content (AvgIpc) is 3.28. The summed E-state index contributed by atoms with van der Waals surface area (Å²) >= 11 is 0. The molecule has 29 heavy (non-hydrogen) atoms. The molecule has 7 heteroatoms. The first-order valence-electron chi connectivity index (χ1n) is 9.48. The highest BCUT2D eigenvalue weighted by atomic mass is 19.4. The number of alkyl halides is 3. The minimum Gasteiger partial charge on any atom is -0.348 e. The molecular formula is C22H20F3N3O. The summed E-state index contributed by atoms with van der Waals surface area (Å²) in [5.41, 5.74) is 0.967. The highest BCUT2D eigenvalue weighted by Crippen LogP contribution is 2.32. The van der Waals surface area contributed by atoms with Crippen molar-refractivity contribution in [3.8, 4) is 11.1 Å². The third-order valence-corrected chi connectivity index (χ3v) is 5.34. The number of H-pyrrole nitrogens is 1. The Hall–Kier alpha value is -3.09. The predicted octanol–water partition coefficient (Wildman–Crippen LogP) is 5.12. The SMILES string of the molecule is O=C(c1ccc(-c2cccc(C(F)(F)F)c2)cc1)N1CCC(c2ncc[nH]2)CC1. The van der Waals surface area contributed by atoms with Crippen molar-refractivity contribution in [1.29, 1.82) is 0 Å². The summed E-state index contributed by atoms with van der Waals surface area (Å²) in [7, 11) is 0. The molecule has 4 nitrogen and oxygen atoms in total. The van der Waals surface area contributed by atoms with Gasteiger partial charge in [0.05, 0.1) is 5.56 Å². The summed E-state index contributed by atoms with van der Waals surface area (Å²) in [4.78, 5) is 22.0. The van der Waals surface area contributed by atoms with Gasteiger partial charge < -0.3 is 9.88 Å². The largest absolute Gasteiger partial charge is 0.416 e. The molecule has 4 rings (SSSR count). The molecule has 1 aliphatic rings. The molecule has 0 saturated carbocycles. The number of halogens is 3. The molecule has 1 fully saturated rings. The lowest BCUT2D eigenvalue weighted by Gasteiger charge is -2.31. The van der Waals surface area contributed by atoms with Crippen molar-refractivity contribution in [2.75, 3.05) is 13.1 Å². The first-order valence-corrected chi connectivity index (χ1v) is 9.48. The number of piperidine rings is 1. The van der Waals surface area contributed by atoms with Crippen molar-refractivity contribution in [3.63, 3.8) is 0 Å². The fourth-order valence-corrected chi connectivity index (χ4v) is 3.72. The number of aromatic nitrogens is 2. The maximum Gasteiger partial charge on any atom is 0.416 e. The molecule has 1 amide bonds. The van der Waals surface area contributed by atoms with E-state index in [1.54, 1.807) is 42.7 Å². The zero-order valence-electron chi connectivity index (χ0n) is 15.6.